The van der Waals surface area contributed by atoms with Crippen LogP contribution in [-0.2, 0) is 4.74 Å². The fourth-order valence-electron chi connectivity index (χ4n) is 3.81. The number of aromatic nitrogens is 1. The van der Waals surface area contributed by atoms with E-state index in [9.17, 15) is 4.79 Å². The van der Waals surface area contributed by atoms with Gasteiger partial charge in [0.1, 0.15) is 0 Å². The summed E-state index contributed by atoms with van der Waals surface area (Å²) in [5.41, 5.74) is 2.59. The van der Waals surface area contributed by atoms with Crippen molar-refractivity contribution in [2.45, 2.75) is 33.1 Å². The fraction of sp³-hybridized carbons (Fsp3) is 0.684. The van der Waals surface area contributed by atoms with E-state index >= 15 is 0 Å². The molecule has 0 spiro atoms. The van der Waals surface area contributed by atoms with Crippen LogP contribution in [0.15, 0.2) is 12.1 Å². The van der Waals surface area contributed by atoms with Crippen molar-refractivity contribution in [1.82, 2.24) is 14.8 Å². The van der Waals surface area contributed by atoms with Crippen molar-refractivity contribution in [1.29, 1.82) is 0 Å². The molecule has 132 valence electrons. The van der Waals surface area contributed by atoms with Gasteiger partial charge in [-0.05, 0) is 57.7 Å². The minimum Gasteiger partial charge on any atom is -0.381 e. The van der Waals surface area contributed by atoms with Gasteiger partial charge < -0.3 is 14.5 Å². The summed E-state index contributed by atoms with van der Waals surface area (Å²) in [4.78, 5) is 21.7. The molecular weight excluding hydrogens is 302 g/mol. The molecule has 2 fully saturated rings. The summed E-state index contributed by atoms with van der Waals surface area (Å²) in [7, 11) is 0. The molecule has 5 nitrogen and oxygen atoms in total. The zero-order chi connectivity index (χ0) is 16.9. The normalized spacial score (nSPS) is 23.1. The number of hydrogen-bond acceptors (Lipinski definition) is 4. The molecule has 0 N–H and O–H groups in total. The van der Waals surface area contributed by atoms with Gasteiger partial charge in [0.25, 0.3) is 5.91 Å². The molecule has 0 saturated carbocycles. The molecule has 3 rings (SSSR count). The van der Waals surface area contributed by atoms with Crippen molar-refractivity contribution in [3.05, 3.63) is 29.1 Å². The number of carbonyl (C=O) groups is 1. The highest BCUT2D eigenvalue weighted by molar-refractivity contribution is 5.94. The van der Waals surface area contributed by atoms with E-state index in [2.05, 4.69) is 9.88 Å². The van der Waals surface area contributed by atoms with Crippen molar-refractivity contribution in [2.24, 2.45) is 5.92 Å². The maximum Gasteiger partial charge on any atom is 0.254 e. The monoisotopic (exact) mass is 331 g/mol. The van der Waals surface area contributed by atoms with Crippen LogP contribution in [0.25, 0.3) is 0 Å². The van der Waals surface area contributed by atoms with Crippen molar-refractivity contribution < 1.29 is 9.53 Å². The lowest BCUT2D eigenvalue weighted by Gasteiger charge is -2.28. The SMILES string of the molecule is Cc1cc(C(=O)N2CCCN(CC3CCCOC3)CC2)cc(C)n1. The van der Waals surface area contributed by atoms with Crippen molar-refractivity contribution >= 4 is 5.91 Å². The van der Waals surface area contributed by atoms with Crippen LogP contribution in [0.3, 0.4) is 0 Å². The summed E-state index contributed by atoms with van der Waals surface area (Å²) in [6, 6.07) is 3.80. The fourth-order valence-corrected chi connectivity index (χ4v) is 3.81. The van der Waals surface area contributed by atoms with Crippen LogP contribution in [0.2, 0.25) is 0 Å². The lowest BCUT2D eigenvalue weighted by atomic mass is 10.0. The van der Waals surface area contributed by atoms with Gasteiger partial charge in [0.05, 0.1) is 6.61 Å². The molecule has 1 unspecified atom stereocenters. The van der Waals surface area contributed by atoms with Gasteiger partial charge in [-0.15, -0.1) is 0 Å². The first-order valence-corrected chi connectivity index (χ1v) is 9.16. The Labute approximate surface area is 145 Å². The number of ether oxygens (including phenoxy) is 1. The maximum atomic E-state index is 12.8. The average Bonchev–Trinajstić information content (AvgIpc) is 2.80. The lowest BCUT2D eigenvalue weighted by molar-refractivity contribution is 0.0389. The highest BCUT2D eigenvalue weighted by atomic mass is 16.5. The van der Waals surface area contributed by atoms with Gasteiger partial charge in [-0.2, -0.15) is 0 Å². The number of aryl methyl sites for hydroxylation is 2. The van der Waals surface area contributed by atoms with E-state index in [1.807, 2.05) is 30.9 Å². The molecular formula is C19H29N3O2. The van der Waals surface area contributed by atoms with Crippen LogP contribution < -0.4 is 0 Å². The van der Waals surface area contributed by atoms with Gasteiger partial charge in [0, 0.05) is 49.7 Å². The molecule has 1 atom stereocenters. The topological polar surface area (TPSA) is 45.7 Å². The second-order valence-electron chi connectivity index (χ2n) is 7.17. The molecule has 1 aromatic rings. The Morgan fingerprint density at radius 2 is 1.96 bits per heavy atom. The third-order valence-corrected chi connectivity index (χ3v) is 4.98. The molecule has 0 aromatic carbocycles. The summed E-state index contributed by atoms with van der Waals surface area (Å²) >= 11 is 0. The summed E-state index contributed by atoms with van der Waals surface area (Å²) < 4.78 is 5.60. The summed E-state index contributed by atoms with van der Waals surface area (Å²) in [6.07, 6.45) is 3.50. The van der Waals surface area contributed by atoms with Crippen LogP contribution in [0, 0.1) is 19.8 Å². The number of hydrogen-bond donors (Lipinski definition) is 0. The molecule has 0 bridgehead atoms. The van der Waals surface area contributed by atoms with Gasteiger partial charge >= 0.3 is 0 Å². The molecule has 24 heavy (non-hydrogen) atoms. The van der Waals surface area contributed by atoms with Crippen LogP contribution in [-0.4, -0.2) is 66.6 Å². The Kier molecular flexibility index (Phi) is 5.85. The predicted octanol–water partition coefficient (Wildman–Crippen LogP) is 2.27. The molecule has 0 radical (unpaired) electrons. The number of rotatable bonds is 3. The van der Waals surface area contributed by atoms with Crippen molar-refractivity contribution in [3.63, 3.8) is 0 Å². The molecule has 3 heterocycles. The van der Waals surface area contributed by atoms with Gasteiger partial charge in [0.2, 0.25) is 0 Å². The molecule has 5 heteroatoms. The largest absolute Gasteiger partial charge is 0.381 e. The summed E-state index contributed by atoms with van der Waals surface area (Å²) in [5, 5.41) is 0. The first-order chi connectivity index (χ1) is 11.6. The van der Waals surface area contributed by atoms with Crippen LogP contribution in [0.1, 0.15) is 41.0 Å². The van der Waals surface area contributed by atoms with E-state index in [0.29, 0.717) is 5.92 Å². The van der Waals surface area contributed by atoms with Crippen LogP contribution in [0.4, 0.5) is 0 Å². The van der Waals surface area contributed by atoms with Crippen molar-refractivity contribution in [3.8, 4) is 0 Å². The van der Waals surface area contributed by atoms with E-state index in [-0.39, 0.29) is 5.91 Å². The zero-order valence-electron chi connectivity index (χ0n) is 15.0. The van der Waals surface area contributed by atoms with Gasteiger partial charge in [-0.1, -0.05) is 0 Å². The van der Waals surface area contributed by atoms with Crippen molar-refractivity contribution in [2.75, 3.05) is 45.9 Å². The Hall–Kier alpha value is -1.46. The molecule has 0 aliphatic carbocycles. The minimum atomic E-state index is 0.145. The Morgan fingerprint density at radius 3 is 2.67 bits per heavy atom. The Balaban J connectivity index is 1.57. The molecule has 2 saturated heterocycles. The third kappa shape index (κ3) is 4.54. The number of carbonyl (C=O) groups excluding carboxylic acids is 1. The smallest absolute Gasteiger partial charge is 0.254 e. The summed E-state index contributed by atoms with van der Waals surface area (Å²) in [5.74, 6) is 0.804. The quantitative estimate of drug-likeness (QED) is 0.852. The van der Waals surface area contributed by atoms with E-state index in [1.165, 1.54) is 12.8 Å². The first-order valence-electron chi connectivity index (χ1n) is 9.16. The van der Waals surface area contributed by atoms with Crippen LogP contribution in [0.5, 0.6) is 0 Å². The molecule has 2 aliphatic heterocycles. The minimum absolute atomic E-state index is 0.145. The zero-order valence-corrected chi connectivity index (χ0v) is 15.0. The van der Waals surface area contributed by atoms with Crippen LogP contribution >= 0.6 is 0 Å². The van der Waals surface area contributed by atoms with E-state index in [0.717, 1.165) is 69.3 Å². The van der Waals surface area contributed by atoms with Gasteiger partial charge in [-0.25, -0.2) is 0 Å². The standard InChI is InChI=1S/C19H29N3O2/c1-15-11-18(12-16(2)20-15)19(23)22-7-4-6-21(8-9-22)13-17-5-3-10-24-14-17/h11-12,17H,3-10,13-14H2,1-2H3. The Morgan fingerprint density at radius 1 is 1.17 bits per heavy atom. The highest BCUT2D eigenvalue weighted by Gasteiger charge is 2.23. The number of pyridine rings is 1. The van der Waals surface area contributed by atoms with Gasteiger partial charge in [0.15, 0.2) is 0 Å². The predicted molar refractivity (Wildman–Crippen MR) is 94.2 cm³/mol. The maximum absolute atomic E-state index is 12.8. The molecule has 1 amide bonds. The highest BCUT2D eigenvalue weighted by Crippen LogP contribution is 2.17. The third-order valence-electron chi connectivity index (χ3n) is 4.98. The Bertz CT molecular complexity index is 549. The first kappa shape index (κ1) is 17.4. The van der Waals surface area contributed by atoms with E-state index < -0.39 is 0 Å². The van der Waals surface area contributed by atoms with E-state index in [4.69, 9.17) is 4.74 Å². The van der Waals surface area contributed by atoms with Gasteiger partial charge in [-0.3, -0.25) is 9.78 Å². The second-order valence-corrected chi connectivity index (χ2v) is 7.17. The second kappa shape index (κ2) is 8.08. The average molecular weight is 331 g/mol. The molecule has 2 aliphatic rings. The summed E-state index contributed by atoms with van der Waals surface area (Å²) in [6.45, 7) is 10.5. The number of nitrogens with zero attached hydrogens (tertiary/aromatic N) is 3. The lowest BCUT2D eigenvalue weighted by Crippen LogP contribution is -2.38. The number of amides is 1. The van der Waals surface area contributed by atoms with E-state index in [1.54, 1.807) is 0 Å². The molecule has 1 aromatic heterocycles.